The van der Waals surface area contributed by atoms with Gasteiger partial charge in [0.15, 0.2) is 0 Å². The van der Waals surface area contributed by atoms with Gasteiger partial charge in [0, 0.05) is 18.5 Å². The van der Waals surface area contributed by atoms with Crippen LogP contribution in [0.3, 0.4) is 0 Å². The lowest BCUT2D eigenvalue weighted by molar-refractivity contribution is -0.126. The summed E-state index contributed by atoms with van der Waals surface area (Å²) in [5.74, 6) is 1.16. The van der Waals surface area contributed by atoms with Crippen molar-refractivity contribution < 1.29 is 9.53 Å². The zero-order valence-electron chi connectivity index (χ0n) is 13.2. The van der Waals surface area contributed by atoms with Crippen LogP contribution < -0.4 is 15.8 Å². The molecule has 3 N–H and O–H groups in total. The first-order valence-electron chi connectivity index (χ1n) is 7.94. The van der Waals surface area contributed by atoms with Gasteiger partial charge in [0.2, 0.25) is 5.91 Å². The van der Waals surface area contributed by atoms with Gasteiger partial charge in [0.25, 0.3) is 0 Å². The molecule has 0 saturated heterocycles. The molecule has 0 bridgehead atoms. The Morgan fingerprint density at radius 2 is 2.14 bits per heavy atom. The number of ether oxygens (including phenoxy) is 1. The van der Waals surface area contributed by atoms with Crippen molar-refractivity contribution in [2.45, 2.75) is 45.1 Å². The van der Waals surface area contributed by atoms with Crippen LogP contribution >= 0.6 is 12.4 Å². The molecular weight excluding hydrogens is 300 g/mol. The molecule has 0 aliphatic heterocycles. The normalized spacial score (nSPS) is 20.8. The van der Waals surface area contributed by atoms with E-state index in [9.17, 15) is 4.79 Å². The number of carbonyl (C=O) groups is 1. The maximum Gasteiger partial charge on any atom is 0.223 e. The lowest BCUT2D eigenvalue weighted by atomic mass is 9.85. The Labute approximate surface area is 139 Å². The second kappa shape index (κ2) is 9.70. The summed E-state index contributed by atoms with van der Waals surface area (Å²) in [4.78, 5) is 12.1. The smallest absolute Gasteiger partial charge is 0.223 e. The fourth-order valence-electron chi connectivity index (χ4n) is 2.94. The molecule has 1 aromatic carbocycles. The van der Waals surface area contributed by atoms with E-state index < -0.39 is 0 Å². The van der Waals surface area contributed by atoms with Crippen LogP contribution in [-0.4, -0.2) is 25.1 Å². The third-order valence-corrected chi connectivity index (χ3v) is 4.05. The van der Waals surface area contributed by atoms with Crippen molar-refractivity contribution in [3.63, 3.8) is 0 Å². The van der Waals surface area contributed by atoms with Gasteiger partial charge in [-0.2, -0.15) is 0 Å². The molecule has 1 fully saturated rings. The number of nitrogens with one attached hydrogen (secondary N) is 1. The molecule has 22 heavy (non-hydrogen) atoms. The van der Waals surface area contributed by atoms with E-state index in [0.29, 0.717) is 13.2 Å². The van der Waals surface area contributed by atoms with Crippen molar-refractivity contribution in [3.8, 4) is 5.75 Å². The van der Waals surface area contributed by atoms with Crippen molar-refractivity contribution in [1.82, 2.24) is 5.32 Å². The summed E-state index contributed by atoms with van der Waals surface area (Å²) in [6, 6.07) is 8.18. The van der Waals surface area contributed by atoms with E-state index in [1.54, 1.807) is 0 Å². The topological polar surface area (TPSA) is 64.3 Å². The average molecular weight is 327 g/mol. The Kier molecular flexibility index (Phi) is 8.28. The highest BCUT2D eigenvalue weighted by Crippen LogP contribution is 2.23. The highest BCUT2D eigenvalue weighted by Gasteiger charge is 2.24. The summed E-state index contributed by atoms with van der Waals surface area (Å²) in [7, 11) is 0. The Balaban J connectivity index is 0.00000242. The highest BCUT2D eigenvalue weighted by molar-refractivity contribution is 5.85. The summed E-state index contributed by atoms with van der Waals surface area (Å²) < 4.78 is 5.60. The fraction of sp³-hybridized carbons (Fsp3) is 0.588. The molecule has 124 valence electrons. The van der Waals surface area contributed by atoms with Crippen molar-refractivity contribution in [3.05, 3.63) is 29.8 Å². The van der Waals surface area contributed by atoms with Gasteiger partial charge in [-0.05, 0) is 44.2 Å². The molecule has 1 aromatic rings. The van der Waals surface area contributed by atoms with Crippen LogP contribution in [0.2, 0.25) is 0 Å². The van der Waals surface area contributed by atoms with Crippen LogP contribution in [0.5, 0.6) is 5.75 Å². The first kappa shape index (κ1) is 18.8. The standard InChI is InChI=1S/C17H26N2O2.ClH/c1-2-21-16-9-4-3-6-13(16)10-11-19-17(20)14-7-5-8-15(18)12-14;/h3-4,6,9,14-15H,2,5,7-8,10-12,18H2,1H3,(H,19,20);1H. The van der Waals surface area contributed by atoms with Crippen molar-refractivity contribution in [2.75, 3.05) is 13.2 Å². The van der Waals surface area contributed by atoms with Gasteiger partial charge in [0.05, 0.1) is 6.61 Å². The number of hydrogen-bond donors (Lipinski definition) is 2. The predicted octanol–water partition coefficient (Wildman–Crippen LogP) is 2.68. The lowest BCUT2D eigenvalue weighted by Crippen LogP contribution is -2.38. The first-order chi connectivity index (χ1) is 10.2. The predicted molar refractivity (Wildman–Crippen MR) is 91.5 cm³/mol. The second-order valence-electron chi connectivity index (χ2n) is 5.71. The van der Waals surface area contributed by atoms with Gasteiger partial charge >= 0.3 is 0 Å². The molecule has 2 atom stereocenters. The molecule has 1 aliphatic rings. The molecule has 4 nitrogen and oxygen atoms in total. The molecule has 2 unspecified atom stereocenters. The monoisotopic (exact) mass is 326 g/mol. The Hall–Kier alpha value is -1.26. The number of rotatable bonds is 6. The minimum Gasteiger partial charge on any atom is -0.494 e. The van der Waals surface area contributed by atoms with Gasteiger partial charge in [-0.1, -0.05) is 24.6 Å². The molecule has 5 heteroatoms. The van der Waals surface area contributed by atoms with E-state index in [1.807, 2.05) is 31.2 Å². The molecule has 0 heterocycles. The maximum atomic E-state index is 12.1. The number of para-hydroxylation sites is 1. The number of benzene rings is 1. The Morgan fingerprint density at radius 1 is 1.36 bits per heavy atom. The third kappa shape index (κ3) is 5.50. The molecule has 0 radical (unpaired) electrons. The van der Waals surface area contributed by atoms with E-state index in [-0.39, 0.29) is 30.3 Å². The quantitative estimate of drug-likeness (QED) is 0.844. The number of halogens is 1. The van der Waals surface area contributed by atoms with Gasteiger partial charge in [0.1, 0.15) is 5.75 Å². The third-order valence-electron chi connectivity index (χ3n) is 4.05. The van der Waals surface area contributed by atoms with Crippen LogP contribution in [0.15, 0.2) is 24.3 Å². The van der Waals surface area contributed by atoms with E-state index >= 15 is 0 Å². The Bertz CT molecular complexity index is 468. The summed E-state index contributed by atoms with van der Waals surface area (Å²) in [5, 5.41) is 3.04. The van der Waals surface area contributed by atoms with Crippen LogP contribution in [0.25, 0.3) is 0 Å². The molecule has 1 amide bonds. The van der Waals surface area contributed by atoms with E-state index in [0.717, 1.165) is 43.4 Å². The van der Waals surface area contributed by atoms with E-state index in [2.05, 4.69) is 5.32 Å². The van der Waals surface area contributed by atoms with Crippen LogP contribution in [0.1, 0.15) is 38.2 Å². The molecule has 1 aliphatic carbocycles. The fourth-order valence-corrected chi connectivity index (χ4v) is 2.94. The second-order valence-corrected chi connectivity index (χ2v) is 5.71. The van der Waals surface area contributed by atoms with E-state index in [1.165, 1.54) is 0 Å². The highest BCUT2D eigenvalue weighted by atomic mass is 35.5. The minimum atomic E-state index is 0. The molecule has 0 aromatic heterocycles. The van der Waals surface area contributed by atoms with Gasteiger partial charge < -0.3 is 15.8 Å². The van der Waals surface area contributed by atoms with Crippen molar-refractivity contribution >= 4 is 18.3 Å². The summed E-state index contributed by atoms with van der Waals surface area (Å²) in [6.45, 7) is 3.28. The summed E-state index contributed by atoms with van der Waals surface area (Å²) in [5.41, 5.74) is 7.08. The zero-order valence-corrected chi connectivity index (χ0v) is 14.0. The molecule has 1 saturated carbocycles. The van der Waals surface area contributed by atoms with Crippen molar-refractivity contribution in [2.24, 2.45) is 11.7 Å². The number of carbonyl (C=O) groups excluding carboxylic acids is 1. The molecule has 2 rings (SSSR count). The largest absolute Gasteiger partial charge is 0.494 e. The number of hydrogen-bond acceptors (Lipinski definition) is 3. The van der Waals surface area contributed by atoms with Crippen molar-refractivity contribution in [1.29, 1.82) is 0 Å². The molecule has 0 spiro atoms. The number of nitrogens with two attached hydrogens (primary N) is 1. The Morgan fingerprint density at radius 3 is 2.86 bits per heavy atom. The van der Waals surface area contributed by atoms with Crippen LogP contribution in [-0.2, 0) is 11.2 Å². The average Bonchev–Trinajstić information content (AvgIpc) is 2.49. The zero-order chi connectivity index (χ0) is 15.1. The summed E-state index contributed by atoms with van der Waals surface area (Å²) in [6.07, 6.45) is 4.69. The first-order valence-corrected chi connectivity index (χ1v) is 7.94. The molecular formula is C17H27ClN2O2. The summed E-state index contributed by atoms with van der Waals surface area (Å²) >= 11 is 0. The maximum absolute atomic E-state index is 12.1. The van der Waals surface area contributed by atoms with Gasteiger partial charge in [-0.15, -0.1) is 12.4 Å². The van der Waals surface area contributed by atoms with Crippen LogP contribution in [0.4, 0.5) is 0 Å². The SMILES string of the molecule is CCOc1ccccc1CCNC(=O)C1CCCC(N)C1.Cl. The van der Waals surface area contributed by atoms with Gasteiger partial charge in [-0.25, -0.2) is 0 Å². The number of amides is 1. The minimum absolute atomic E-state index is 0. The van der Waals surface area contributed by atoms with Gasteiger partial charge in [-0.3, -0.25) is 4.79 Å². The van der Waals surface area contributed by atoms with E-state index in [4.69, 9.17) is 10.5 Å². The lowest BCUT2D eigenvalue weighted by Gasteiger charge is -2.25. The van der Waals surface area contributed by atoms with Crippen LogP contribution in [0, 0.1) is 5.92 Å².